The maximum atomic E-state index is 10.9. The van der Waals surface area contributed by atoms with Crippen molar-refractivity contribution in [1.82, 2.24) is 5.32 Å². The van der Waals surface area contributed by atoms with Crippen LogP contribution < -0.4 is 10.6 Å². The predicted octanol–water partition coefficient (Wildman–Crippen LogP) is 1.76. The van der Waals surface area contributed by atoms with Gasteiger partial charge in [0.15, 0.2) is 0 Å². The van der Waals surface area contributed by atoms with Crippen LogP contribution in [0.5, 0.6) is 0 Å². The topological polar surface area (TPSA) is 76.4 Å². The van der Waals surface area contributed by atoms with Gasteiger partial charge in [0.05, 0.1) is 17.6 Å². The summed E-state index contributed by atoms with van der Waals surface area (Å²) in [7, 11) is 0. The third-order valence-electron chi connectivity index (χ3n) is 2.68. The molecule has 0 radical (unpaired) electrons. The molecule has 2 N–H and O–H groups in total. The van der Waals surface area contributed by atoms with Crippen LogP contribution in [0.3, 0.4) is 0 Å². The highest BCUT2D eigenvalue weighted by Gasteiger charge is 2.17. The minimum Gasteiger partial charge on any atom is -0.377 e. The van der Waals surface area contributed by atoms with E-state index in [-0.39, 0.29) is 11.8 Å². The van der Waals surface area contributed by atoms with Crippen LogP contribution in [0.4, 0.5) is 11.4 Å². The second-order valence-corrected chi connectivity index (χ2v) is 4.91. The normalized spacial score (nSPS) is 19.5. The number of anilines is 1. The zero-order valence-electron chi connectivity index (χ0n) is 9.69. The lowest BCUT2D eigenvalue weighted by atomic mass is 10.2. The fourth-order valence-electron chi connectivity index (χ4n) is 1.78. The Hall–Kier alpha value is -1.18. The number of benzene rings is 1. The molecular weight excluding hydrogens is 302 g/mol. The highest BCUT2D eigenvalue weighted by Crippen LogP contribution is 2.27. The quantitative estimate of drug-likeness (QED) is 0.654. The first-order chi connectivity index (χ1) is 8.66. The van der Waals surface area contributed by atoms with Crippen molar-refractivity contribution in [2.75, 3.05) is 31.6 Å². The van der Waals surface area contributed by atoms with E-state index in [2.05, 4.69) is 26.6 Å². The lowest BCUT2D eigenvalue weighted by molar-refractivity contribution is -0.384. The molecule has 0 aliphatic carbocycles. The van der Waals surface area contributed by atoms with Gasteiger partial charge in [-0.05, 0) is 12.1 Å². The number of hydrogen-bond donors (Lipinski definition) is 2. The van der Waals surface area contributed by atoms with Gasteiger partial charge in [-0.25, -0.2) is 0 Å². The van der Waals surface area contributed by atoms with Crippen LogP contribution in [-0.4, -0.2) is 37.3 Å². The standard InChI is InChI=1S/C11H14BrN3O3/c12-8-1-2-11(15(16)17)10(5-8)14-7-9-6-13-3-4-18-9/h1-2,5,9,13-14H,3-4,6-7H2. The number of nitro benzene ring substituents is 1. The van der Waals surface area contributed by atoms with Crippen molar-refractivity contribution >= 4 is 27.3 Å². The molecule has 1 aliphatic rings. The molecule has 0 amide bonds. The minimum atomic E-state index is -0.394. The Kier molecular flexibility index (Phi) is 4.51. The fourth-order valence-corrected chi connectivity index (χ4v) is 2.14. The van der Waals surface area contributed by atoms with E-state index in [0.29, 0.717) is 18.8 Å². The maximum Gasteiger partial charge on any atom is 0.292 e. The smallest absolute Gasteiger partial charge is 0.292 e. The zero-order chi connectivity index (χ0) is 13.0. The second kappa shape index (κ2) is 6.12. The minimum absolute atomic E-state index is 0.0392. The molecule has 2 rings (SSSR count). The van der Waals surface area contributed by atoms with Crippen LogP contribution in [-0.2, 0) is 4.74 Å². The van der Waals surface area contributed by atoms with Crippen molar-refractivity contribution in [3.63, 3.8) is 0 Å². The van der Waals surface area contributed by atoms with Crippen molar-refractivity contribution in [2.45, 2.75) is 6.10 Å². The van der Waals surface area contributed by atoms with Gasteiger partial charge < -0.3 is 15.4 Å². The average Bonchev–Trinajstić information content (AvgIpc) is 2.37. The SMILES string of the molecule is O=[N+]([O-])c1ccc(Br)cc1NCC1CNCCO1. The fraction of sp³-hybridized carbons (Fsp3) is 0.455. The van der Waals surface area contributed by atoms with Gasteiger partial charge in [0.2, 0.25) is 0 Å². The first-order valence-electron chi connectivity index (χ1n) is 5.67. The Bertz CT molecular complexity index is 436. The van der Waals surface area contributed by atoms with Crippen molar-refractivity contribution < 1.29 is 9.66 Å². The summed E-state index contributed by atoms with van der Waals surface area (Å²) in [6.45, 7) is 2.83. The van der Waals surface area contributed by atoms with Gasteiger partial charge >= 0.3 is 0 Å². The molecule has 98 valence electrons. The van der Waals surface area contributed by atoms with E-state index in [1.54, 1.807) is 12.1 Å². The monoisotopic (exact) mass is 315 g/mol. The largest absolute Gasteiger partial charge is 0.377 e. The van der Waals surface area contributed by atoms with E-state index < -0.39 is 4.92 Å². The van der Waals surface area contributed by atoms with Gasteiger partial charge in [0.25, 0.3) is 5.69 Å². The molecule has 0 saturated carbocycles. The number of halogens is 1. The van der Waals surface area contributed by atoms with Gasteiger partial charge in [0.1, 0.15) is 5.69 Å². The molecule has 18 heavy (non-hydrogen) atoms. The number of nitro groups is 1. The third-order valence-corrected chi connectivity index (χ3v) is 3.17. The maximum absolute atomic E-state index is 10.9. The van der Waals surface area contributed by atoms with Gasteiger partial charge in [-0.1, -0.05) is 15.9 Å². The number of nitrogens with one attached hydrogen (secondary N) is 2. The molecule has 1 aliphatic heterocycles. The third kappa shape index (κ3) is 3.41. The molecular formula is C11H14BrN3O3. The van der Waals surface area contributed by atoms with Crippen LogP contribution in [0.2, 0.25) is 0 Å². The van der Waals surface area contributed by atoms with E-state index in [1.807, 2.05) is 0 Å². The highest BCUT2D eigenvalue weighted by atomic mass is 79.9. The molecule has 0 bridgehead atoms. The number of nitrogens with zero attached hydrogens (tertiary/aromatic N) is 1. The summed E-state index contributed by atoms with van der Waals surface area (Å²) >= 11 is 3.31. The van der Waals surface area contributed by atoms with Gasteiger partial charge in [-0.3, -0.25) is 10.1 Å². The van der Waals surface area contributed by atoms with Crippen LogP contribution in [0.25, 0.3) is 0 Å². The number of hydrogen-bond acceptors (Lipinski definition) is 5. The number of rotatable bonds is 4. The second-order valence-electron chi connectivity index (χ2n) is 4.00. The molecule has 1 aromatic carbocycles. The molecule has 1 atom stereocenters. The molecule has 1 saturated heterocycles. The summed E-state index contributed by atoms with van der Waals surface area (Å²) in [6.07, 6.45) is 0.0392. The summed E-state index contributed by atoms with van der Waals surface area (Å²) in [5.41, 5.74) is 0.575. The number of morpholine rings is 1. The Morgan fingerprint density at radius 1 is 1.61 bits per heavy atom. The van der Waals surface area contributed by atoms with E-state index >= 15 is 0 Å². The van der Waals surface area contributed by atoms with Crippen molar-refractivity contribution in [1.29, 1.82) is 0 Å². The molecule has 0 spiro atoms. The Morgan fingerprint density at radius 2 is 2.44 bits per heavy atom. The Morgan fingerprint density at radius 3 is 3.11 bits per heavy atom. The molecule has 7 heteroatoms. The lowest BCUT2D eigenvalue weighted by Crippen LogP contribution is -2.42. The summed E-state index contributed by atoms with van der Waals surface area (Å²) in [4.78, 5) is 10.5. The first kappa shape index (κ1) is 13.3. The molecule has 1 aromatic rings. The van der Waals surface area contributed by atoms with E-state index in [1.165, 1.54) is 6.07 Å². The van der Waals surface area contributed by atoms with Gasteiger partial charge in [-0.15, -0.1) is 0 Å². The molecule has 6 nitrogen and oxygen atoms in total. The summed E-state index contributed by atoms with van der Waals surface area (Å²) in [5, 5.41) is 17.2. The van der Waals surface area contributed by atoms with Crippen molar-refractivity contribution in [2.24, 2.45) is 0 Å². The highest BCUT2D eigenvalue weighted by molar-refractivity contribution is 9.10. The Labute approximate surface area is 113 Å². The van der Waals surface area contributed by atoms with Crippen LogP contribution >= 0.6 is 15.9 Å². The van der Waals surface area contributed by atoms with Crippen LogP contribution in [0.15, 0.2) is 22.7 Å². The van der Waals surface area contributed by atoms with Crippen molar-refractivity contribution in [3.05, 3.63) is 32.8 Å². The Balaban J connectivity index is 2.03. The van der Waals surface area contributed by atoms with Gasteiger partial charge in [-0.2, -0.15) is 0 Å². The predicted molar refractivity (Wildman–Crippen MR) is 71.9 cm³/mol. The average molecular weight is 316 g/mol. The summed E-state index contributed by atoms with van der Waals surface area (Å²) in [6, 6.07) is 4.84. The van der Waals surface area contributed by atoms with Crippen LogP contribution in [0.1, 0.15) is 0 Å². The first-order valence-corrected chi connectivity index (χ1v) is 6.46. The molecule has 1 fully saturated rings. The van der Waals surface area contributed by atoms with E-state index in [4.69, 9.17) is 4.74 Å². The zero-order valence-corrected chi connectivity index (χ0v) is 11.3. The molecule has 0 aromatic heterocycles. The van der Waals surface area contributed by atoms with Crippen LogP contribution in [0, 0.1) is 10.1 Å². The summed E-state index contributed by atoms with van der Waals surface area (Å²) < 4.78 is 6.33. The van der Waals surface area contributed by atoms with E-state index in [0.717, 1.165) is 17.6 Å². The van der Waals surface area contributed by atoms with Gasteiger partial charge in [0, 0.05) is 30.2 Å². The van der Waals surface area contributed by atoms with Crippen molar-refractivity contribution in [3.8, 4) is 0 Å². The number of ether oxygens (including phenoxy) is 1. The molecule has 1 heterocycles. The molecule has 1 unspecified atom stereocenters. The van der Waals surface area contributed by atoms with E-state index in [9.17, 15) is 10.1 Å². The summed E-state index contributed by atoms with van der Waals surface area (Å²) in [5.74, 6) is 0. The lowest BCUT2D eigenvalue weighted by Gasteiger charge is -2.24.